The smallest absolute Gasteiger partial charge is 0.223 e. The number of nitrogens with zero attached hydrogens (tertiary/aromatic N) is 1. The average molecular weight is 250 g/mol. The highest BCUT2D eigenvalue weighted by Crippen LogP contribution is 2.26. The molecule has 0 aromatic rings. The molecule has 15 heavy (non-hydrogen) atoms. The fraction of sp³-hybridized carbons (Fsp3) is 0.889. The summed E-state index contributed by atoms with van der Waals surface area (Å²) in [4.78, 5) is 0.0437. The first-order chi connectivity index (χ1) is 6.76. The summed E-state index contributed by atoms with van der Waals surface area (Å²) in [5.74, 6) is 0.802. The molecule has 0 amide bonds. The number of rotatable bonds is 3. The molecule has 3 atom stereocenters. The zero-order chi connectivity index (χ0) is 11.8. The van der Waals surface area contributed by atoms with Crippen molar-refractivity contribution in [3.8, 4) is 0 Å². The van der Waals surface area contributed by atoms with Gasteiger partial charge in [-0.15, -0.1) is 0 Å². The molecule has 88 valence electrons. The Morgan fingerprint density at radius 1 is 1.40 bits per heavy atom. The third kappa shape index (κ3) is 2.49. The first-order valence-electron chi connectivity index (χ1n) is 5.05. The minimum absolute atomic E-state index is 0.0437. The molecule has 0 aromatic carbocycles. The minimum Gasteiger partial charge on any atom is -0.392 e. The molecule has 0 spiro atoms. The lowest BCUT2D eigenvalue weighted by Gasteiger charge is -2.20. The minimum atomic E-state index is -3.34. The van der Waals surface area contributed by atoms with Crippen LogP contribution in [0, 0.1) is 11.8 Å². The van der Waals surface area contributed by atoms with Crippen molar-refractivity contribution < 1.29 is 8.42 Å². The molecule has 0 saturated carbocycles. The van der Waals surface area contributed by atoms with Gasteiger partial charge in [0.15, 0.2) is 0 Å². The first-order valence-corrected chi connectivity index (χ1v) is 6.96. The van der Waals surface area contributed by atoms with Gasteiger partial charge in [-0.1, -0.05) is 26.1 Å². The predicted molar refractivity (Wildman–Crippen MR) is 65.1 cm³/mol. The summed E-state index contributed by atoms with van der Waals surface area (Å²) in [6, 6.07) is 0. The third-order valence-electron chi connectivity index (χ3n) is 3.16. The van der Waals surface area contributed by atoms with Gasteiger partial charge in [0.2, 0.25) is 10.0 Å². The SMILES string of the molecule is CC1CN(S(=O)(=O)C(C)C(N)=S)CC1C. The van der Waals surface area contributed by atoms with Crippen LogP contribution in [0.2, 0.25) is 0 Å². The maximum absolute atomic E-state index is 12.0. The van der Waals surface area contributed by atoms with Crippen molar-refractivity contribution in [3.05, 3.63) is 0 Å². The van der Waals surface area contributed by atoms with Gasteiger partial charge in [-0.3, -0.25) is 0 Å². The van der Waals surface area contributed by atoms with Crippen LogP contribution in [0.15, 0.2) is 0 Å². The highest BCUT2D eigenvalue weighted by molar-refractivity contribution is 7.92. The molecule has 1 aliphatic rings. The van der Waals surface area contributed by atoms with Crippen LogP contribution in [-0.2, 0) is 10.0 Å². The largest absolute Gasteiger partial charge is 0.392 e. The van der Waals surface area contributed by atoms with Crippen LogP contribution in [0.3, 0.4) is 0 Å². The Labute approximate surface area is 96.9 Å². The van der Waals surface area contributed by atoms with E-state index in [1.165, 1.54) is 4.31 Å². The fourth-order valence-corrected chi connectivity index (χ4v) is 3.65. The highest BCUT2D eigenvalue weighted by Gasteiger charge is 2.37. The Morgan fingerprint density at radius 2 is 1.80 bits per heavy atom. The highest BCUT2D eigenvalue weighted by atomic mass is 32.2. The van der Waals surface area contributed by atoms with Crippen molar-refractivity contribution in [3.63, 3.8) is 0 Å². The quantitative estimate of drug-likeness (QED) is 0.744. The Hall–Kier alpha value is -0.200. The van der Waals surface area contributed by atoms with Gasteiger partial charge < -0.3 is 5.73 Å². The number of hydrogen-bond acceptors (Lipinski definition) is 3. The maximum Gasteiger partial charge on any atom is 0.223 e. The van der Waals surface area contributed by atoms with E-state index in [0.29, 0.717) is 24.9 Å². The summed E-state index contributed by atoms with van der Waals surface area (Å²) < 4.78 is 25.6. The molecule has 4 nitrogen and oxygen atoms in total. The predicted octanol–water partition coefficient (Wildman–Crippen LogP) is 0.579. The second-order valence-corrected chi connectivity index (χ2v) is 7.09. The maximum atomic E-state index is 12.0. The van der Waals surface area contributed by atoms with Crippen molar-refractivity contribution >= 4 is 27.2 Å². The molecule has 3 unspecified atom stereocenters. The molecule has 1 fully saturated rings. The van der Waals surface area contributed by atoms with E-state index >= 15 is 0 Å². The molecule has 0 aliphatic carbocycles. The molecular formula is C9H18N2O2S2. The zero-order valence-electron chi connectivity index (χ0n) is 9.30. The van der Waals surface area contributed by atoms with Gasteiger partial charge in [-0.25, -0.2) is 12.7 Å². The van der Waals surface area contributed by atoms with Crippen LogP contribution in [0.4, 0.5) is 0 Å². The van der Waals surface area contributed by atoms with E-state index < -0.39 is 15.3 Å². The van der Waals surface area contributed by atoms with Gasteiger partial charge in [0.1, 0.15) is 5.25 Å². The number of sulfonamides is 1. The van der Waals surface area contributed by atoms with Crippen molar-refractivity contribution in [1.29, 1.82) is 0 Å². The zero-order valence-corrected chi connectivity index (χ0v) is 10.9. The first kappa shape index (κ1) is 12.9. The van der Waals surface area contributed by atoms with Crippen molar-refractivity contribution in [1.82, 2.24) is 4.31 Å². The molecule has 6 heteroatoms. The van der Waals surface area contributed by atoms with Crippen LogP contribution in [0.25, 0.3) is 0 Å². The van der Waals surface area contributed by atoms with Gasteiger partial charge in [-0.2, -0.15) is 0 Å². The van der Waals surface area contributed by atoms with E-state index in [2.05, 4.69) is 13.8 Å². The lowest BCUT2D eigenvalue weighted by atomic mass is 10.0. The normalized spacial score (nSPS) is 30.3. The van der Waals surface area contributed by atoms with E-state index in [1.54, 1.807) is 6.92 Å². The summed E-state index contributed by atoms with van der Waals surface area (Å²) in [7, 11) is -3.34. The topological polar surface area (TPSA) is 63.4 Å². The molecule has 1 rings (SSSR count). The standard InChI is InChI=1S/C9H18N2O2S2/c1-6-4-11(5-7(6)2)15(12,13)8(3)9(10)14/h6-8H,4-5H2,1-3H3,(H2,10,14). The molecular weight excluding hydrogens is 232 g/mol. The molecule has 0 bridgehead atoms. The van der Waals surface area contributed by atoms with Crippen LogP contribution in [0.1, 0.15) is 20.8 Å². The number of thiocarbonyl (C=S) groups is 1. The van der Waals surface area contributed by atoms with E-state index in [-0.39, 0.29) is 4.99 Å². The molecule has 1 heterocycles. The van der Waals surface area contributed by atoms with Crippen molar-refractivity contribution in [2.75, 3.05) is 13.1 Å². The Bertz CT molecular complexity index is 343. The molecule has 0 radical (unpaired) electrons. The number of hydrogen-bond donors (Lipinski definition) is 1. The molecule has 1 saturated heterocycles. The summed E-state index contributed by atoms with van der Waals surface area (Å²) in [5.41, 5.74) is 5.38. The summed E-state index contributed by atoms with van der Waals surface area (Å²) >= 11 is 4.73. The fourth-order valence-electron chi connectivity index (χ4n) is 1.66. The second kappa shape index (κ2) is 4.35. The van der Waals surface area contributed by atoms with Crippen LogP contribution in [0.5, 0.6) is 0 Å². The summed E-state index contributed by atoms with van der Waals surface area (Å²) in [6.07, 6.45) is 0. The van der Waals surface area contributed by atoms with Crippen LogP contribution >= 0.6 is 12.2 Å². The Balaban J connectivity index is 2.85. The van der Waals surface area contributed by atoms with E-state index in [4.69, 9.17) is 18.0 Å². The van der Waals surface area contributed by atoms with Gasteiger partial charge in [-0.05, 0) is 18.8 Å². The summed E-state index contributed by atoms with van der Waals surface area (Å²) in [6.45, 7) is 6.83. The summed E-state index contributed by atoms with van der Waals surface area (Å²) in [5, 5.41) is -0.759. The molecule has 2 N–H and O–H groups in total. The van der Waals surface area contributed by atoms with Crippen molar-refractivity contribution in [2.24, 2.45) is 17.6 Å². The third-order valence-corrected chi connectivity index (χ3v) is 5.83. The monoisotopic (exact) mass is 250 g/mol. The van der Waals surface area contributed by atoms with E-state index in [0.717, 1.165) is 0 Å². The van der Waals surface area contributed by atoms with Crippen molar-refractivity contribution in [2.45, 2.75) is 26.0 Å². The van der Waals surface area contributed by atoms with Gasteiger partial charge in [0.05, 0.1) is 4.99 Å². The Morgan fingerprint density at radius 3 is 2.13 bits per heavy atom. The molecule has 0 aromatic heterocycles. The van der Waals surface area contributed by atoms with Crippen LogP contribution < -0.4 is 5.73 Å². The van der Waals surface area contributed by atoms with E-state index in [9.17, 15) is 8.42 Å². The Kier molecular flexibility index (Phi) is 3.73. The van der Waals surface area contributed by atoms with Gasteiger partial charge >= 0.3 is 0 Å². The lowest BCUT2D eigenvalue weighted by Crippen LogP contribution is -2.42. The van der Waals surface area contributed by atoms with Gasteiger partial charge in [0, 0.05) is 13.1 Å². The average Bonchev–Trinajstić information content (AvgIpc) is 2.46. The van der Waals surface area contributed by atoms with Crippen LogP contribution in [-0.4, -0.2) is 36.1 Å². The second-order valence-electron chi connectivity index (χ2n) is 4.36. The van der Waals surface area contributed by atoms with E-state index in [1.807, 2.05) is 0 Å². The van der Waals surface area contributed by atoms with Gasteiger partial charge in [0.25, 0.3) is 0 Å². The lowest BCUT2D eigenvalue weighted by molar-refractivity contribution is 0.461. The molecule has 1 aliphatic heterocycles. The number of nitrogens with two attached hydrogens (primary N) is 1.